The fourth-order valence-electron chi connectivity index (χ4n) is 9.95. The quantitative estimate of drug-likeness (QED) is 0.0356. The van der Waals surface area contributed by atoms with E-state index in [0.717, 1.165) is 32.1 Å². The van der Waals surface area contributed by atoms with Gasteiger partial charge in [0.25, 0.3) is 0 Å². The van der Waals surface area contributed by atoms with Gasteiger partial charge in [0.2, 0.25) is 11.8 Å². The van der Waals surface area contributed by atoms with E-state index in [1.165, 1.54) is 45.4 Å². The molecule has 1 saturated heterocycles. The van der Waals surface area contributed by atoms with Crippen LogP contribution in [0.4, 0.5) is 0 Å². The van der Waals surface area contributed by atoms with Crippen molar-refractivity contribution < 1.29 is 38.4 Å². The van der Waals surface area contributed by atoms with E-state index in [4.69, 9.17) is 20.8 Å². The molecule has 1 aliphatic heterocycles. The first-order valence-corrected chi connectivity index (χ1v) is 23.6. The third kappa shape index (κ3) is 15.0. The molecule has 4 rings (SSSR count). The Morgan fingerprint density at radius 2 is 1.36 bits per heavy atom. The highest BCUT2D eigenvalue weighted by Crippen LogP contribution is 2.66. The van der Waals surface area contributed by atoms with Crippen LogP contribution in [0, 0.1) is 29.1 Å². The second-order valence-corrected chi connectivity index (χ2v) is 19.4. The normalized spacial score (nSPS) is 24.8. The number of hydrogen-bond donors (Lipinski definition) is 5. The maximum absolute atomic E-state index is 13.8. The van der Waals surface area contributed by atoms with E-state index in [1.54, 1.807) is 6.92 Å². The summed E-state index contributed by atoms with van der Waals surface area (Å²) in [5.74, 6) is -2.19. The van der Waals surface area contributed by atoms with E-state index in [9.17, 15) is 29.1 Å². The summed E-state index contributed by atoms with van der Waals surface area (Å²) in [6.45, 7) is 14.9. The number of hydrogen-bond acceptors (Lipinski definition) is 10. The van der Waals surface area contributed by atoms with Gasteiger partial charge in [-0.15, -0.1) is 0 Å². The lowest BCUT2D eigenvalue weighted by Crippen LogP contribution is -2.65. The Labute approximate surface area is 357 Å². The average Bonchev–Trinajstić information content (AvgIpc) is 3.55. The molecule has 0 aromatic rings. The predicted molar refractivity (Wildman–Crippen MR) is 234 cm³/mol. The van der Waals surface area contributed by atoms with Gasteiger partial charge >= 0.3 is 7.12 Å². The summed E-state index contributed by atoms with van der Waals surface area (Å²) in [6.07, 6.45) is 15.2. The van der Waals surface area contributed by atoms with Crippen LogP contribution in [0.3, 0.4) is 0 Å². The van der Waals surface area contributed by atoms with Gasteiger partial charge in [-0.05, 0) is 101 Å². The van der Waals surface area contributed by atoms with E-state index in [-0.39, 0.29) is 53.8 Å². The lowest BCUT2D eigenvalue weighted by Gasteiger charge is -2.64. The minimum absolute atomic E-state index is 0.00873. The highest BCUT2D eigenvalue weighted by Gasteiger charge is 2.68. The van der Waals surface area contributed by atoms with Crippen molar-refractivity contribution in [3.05, 3.63) is 0 Å². The average molecular weight is 831 g/mol. The van der Waals surface area contributed by atoms with Crippen molar-refractivity contribution in [2.45, 2.75) is 219 Å². The minimum atomic E-state index is -1.25. The number of amides is 2. The van der Waals surface area contributed by atoms with Crippen LogP contribution in [-0.2, 0) is 33.3 Å². The standard InChI is InChI=1S/C46H83BN4O8/c1-8-9-10-11-12-13-14-15-16-22-36(53)28-34(21-17-19-24-48)44(57)51-42(33(4)52)39(55)26-31(2)43(56)50-37(23-18-20-25-49)38(54)27-32(3)47-58-41-30-35-29-40(45(35,5)6)46(41,7)59-47/h31-35,37,40-42,52H,8-30,48-49H2,1-7H3,(H,50,56)(H,51,57)/t31-,32-,33?,34-,35+,37+,40+,41?,42+,46+/m1/s1. The lowest BCUT2D eigenvalue weighted by molar-refractivity contribution is -0.199. The molecule has 0 spiro atoms. The van der Waals surface area contributed by atoms with Crippen molar-refractivity contribution in [1.82, 2.24) is 10.6 Å². The van der Waals surface area contributed by atoms with Gasteiger partial charge in [-0.1, -0.05) is 92.4 Å². The van der Waals surface area contributed by atoms with Crippen LogP contribution in [0.5, 0.6) is 0 Å². The molecule has 4 aliphatic rings. The van der Waals surface area contributed by atoms with Crippen molar-refractivity contribution in [3.63, 3.8) is 0 Å². The van der Waals surface area contributed by atoms with E-state index in [0.29, 0.717) is 69.9 Å². The molecule has 3 saturated carbocycles. The molecule has 1 heterocycles. The minimum Gasteiger partial charge on any atom is -0.405 e. The van der Waals surface area contributed by atoms with Crippen LogP contribution in [0.2, 0.25) is 5.82 Å². The second-order valence-electron chi connectivity index (χ2n) is 19.4. The number of rotatable bonds is 32. The fourth-order valence-corrected chi connectivity index (χ4v) is 9.95. The molecule has 10 atom stereocenters. The van der Waals surface area contributed by atoms with Gasteiger partial charge in [0, 0.05) is 37.5 Å². The molecular formula is C46H83BN4O8. The molecule has 0 aromatic carbocycles. The predicted octanol–water partition coefficient (Wildman–Crippen LogP) is 6.76. The van der Waals surface area contributed by atoms with Crippen molar-refractivity contribution >= 4 is 36.3 Å². The Kier molecular flexibility index (Phi) is 21.7. The first-order valence-electron chi connectivity index (χ1n) is 23.6. The summed E-state index contributed by atoms with van der Waals surface area (Å²) >= 11 is 0. The highest BCUT2D eigenvalue weighted by molar-refractivity contribution is 6.47. The summed E-state index contributed by atoms with van der Waals surface area (Å²) in [5.41, 5.74) is 11.3. The molecule has 12 nitrogen and oxygen atoms in total. The first-order chi connectivity index (χ1) is 28.0. The van der Waals surface area contributed by atoms with Crippen molar-refractivity contribution in [2.75, 3.05) is 13.1 Å². The maximum atomic E-state index is 13.8. The zero-order chi connectivity index (χ0) is 43.8. The molecule has 2 unspecified atom stereocenters. The van der Waals surface area contributed by atoms with Crippen LogP contribution in [-0.4, -0.2) is 84.4 Å². The molecule has 338 valence electrons. The van der Waals surface area contributed by atoms with E-state index < -0.39 is 54.7 Å². The van der Waals surface area contributed by atoms with Crippen LogP contribution in [0.1, 0.15) is 183 Å². The summed E-state index contributed by atoms with van der Waals surface area (Å²) in [7, 11) is -0.508. The Hall–Kier alpha value is -2.19. The van der Waals surface area contributed by atoms with E-state index in [1.807, 2.05) is 6.92 Å². The van der Waals surface area contributed by atoms with Crippen LogP contribution in [0.15, 0.2) is 0 Å². The second kappa shape index (κ2) is 25.1. The van der Waals surface area contributed by atoms with Crippen LogP contribution < -0.4 is 22.1 Å². The maximum Gasteiger partial charge on any atom is 0.461 e. The third-order valence-electron chi connectivity index (χ3n) is 14.1. The van der Waals surface area contributed by atoms with Gasteiger partial charge in [0.05, 0.1) is 23.9 Å². The molecule has 0 radical (unpaired) electrons. The number of aliphatic hydroxyl groups is 1. The number of Topliss-reactive ketones (excluding diaryl/α,β-unsaturated/α-hetero) is 3. The number of unbranched alkanes of at least 4 members (excludes halogenated alkanes) is 10. The number of carbonyl (C=O) groups excluding carboxylic acids is 5. The molecule has 4 fully saturated rings. The molecule has 13 heteroatoms. The summed E-state index contributed by atoms with van der Waals surface area (Å²) in [6, 6.07) is -2.02. The number of ketones is 3. The van der Waals surface area contributed by atoms with Gasteiger partial charge in [0.1, 0.15) is 11.8 Å². The number of nitrogens with two attached hydrogens (primary N) is 2. The molecule has 2 amide bonds. The Morgan fingerprint density at radius 3 is 1.95 bits per heavy atom. The van der Waals surface area contributed by atoms with Crippen LogP contribution in [0.25, 0.3) is 0 Å². The molecule has 0 aromatic heterocycles. The summed E-state index contributed by atoms with van der Waals surface area (Å²) in [4.78, 5) is 67.6. The smallest absolute Gasteiger partial charge is 0.405 e. The molecular weight excluding hydrogens is 747 g/mol. The number of aliphatic hydroxyl groups excluding tert-OH is 1. The van der Waals surface area contributed by atoms with Crippen molar-refractivity contribution in [3.8, 4) is 0 Å². The van der Waals surface area contributed by atoms with Crippen LogP contribution >= 0.6 is 0 Å². The largest absolute Gasteiger partial charge is 0.461 e. The van der Waals surface area contributed by atoms with Crippen molar-refractivity contribution in [2.24, 2.45) is 40.6 Å². The third-order valence-corrected chi connectivity index (χ3v) is 14.1. The summed E-state index contributed by atoms with van der Waals surface area (Å²) in [5, 5.41) is 16.3. The number of nitrogens with one attached hydrogen (secondary N) is 2. The molecule has 59 heavy (non-hydrogen) atoms. The topological polar surface area (TPSA) is 200 Å². The Bertz CT molecular complexity index is 1350. The fraction of sp³-hybridized carbons (Fsp3) is 0.891. The van der Waals surface area contributed by atoms with Gasteiger partial charge in [-0.25, -0.2) is 0 Å². The lowest BCUT2D eigenvalue weighted by atomic mass is 9.43. The van der Waals surface area contributed by atoms with Gasteiger partial charge in [-0.3, -0.25) is 24.0 Å². The Balaban J connectivity index is 1.54. The summed E-state index contributed by atoms with van der Waals surface area (Å²) < 4.78 is 13.1. The molecule has 2 bridgehead atoms. The SMILES string of the molecule is CCCCCCCCCCCC(=O)C[C@@H](CCCCN)C(=O)N[C@H](C(=O)C[C@@H](C)C(=O)N[C@@H](CCCCN)C(=O)C[C@@H](C)B1OC2C[C@@H]3C[C@@H](C3(C)C)[C@]2(C)O1)C(C)O. The van der Waals surface area contributed by atoms with Gasteiger partial charge < -0.3 is 36.5 Å². The van der Waals surface area contributed by atoms with Gasteiger partial charge in [-0.2, -0.15) is 0 Å². The van der Waals surface area contributed by atoms with E-state index in [2.05, 4.69) is 38.3 Å². The highest BCUT2D eigenvalue weighted by atomic mass is 16.7. The zero-order valence-electron chi connectivity index (χ0n) is 38.0. The van der Waals surface area contributed by atoms with Gasteiger partial charge in [0.15, 0.2) is 11.6 Å². The molecule has 7 N–H and O–H groups in total. The molecule has 3 aliphatic carbocycles. The number of carbonyl (C=O) groups is 5. The van der Waals surface area contributed by atoms with Crippen molar-refractivity contribution in [1.29, 1.82) is 0 Å². The monoisotopic (exact) mass is 831 g/mol. The Morgan fingerprint density at radius 1 is 0.746 bits per heavy atom. The first kappa shape index (κ1) is 51.2. The van der Waals surface area contributed by atoms with E-state index >= 15 is 0 Å². The zero-order valence-corrected chi connectivity index (χ0v) is 38.0.